The van der Waals surface area contributed by atoms with Gasteiger partial charge in [0.25, 0.3) is 5.92 Å². The normalized spacial score (nSPS) is 16.7. The molecule has 144 valence electrons. The molecule has 6 nitrogen and oxygen atoms in total. The number of piperazine rings is 1. The van der Waals surface area contributed by atoms with Crippen molar-refractivity contribution in [2.45, 2.75) is 12.0 Å². The van der Waals surface area contributed by atoms with Crippen molar-refractivity contribution in [1.29, 1.82) is 0 Å². The third-order valence-electron chi connectivity index (χ3n) is 4.15. The molecule has 0 radical (unpaired) electrons. The zero-order valence-electron chi connectivity index (χ0n) is 14.6. The van der Waals surface area contributed by atoms with Crippen LogP contribution in [0.1, 0.15) is 11.6 Å². The maximum atomic E-state index is 14.6. The van der Waals surface area contributed by atoms with E-state index in [9.17, 15) is 13.9 Å². The summed E-state index contributed by atoms with van der Waals surface area (Å²) in [5, 5.41) is 12.4. The Hall–Kier alpha value is -1.35. The fraction of sp³-hybridized carbons (Fsp3) is 0.625. The molecule has 0 unspecified atom stereocenters. The molecule has 1 heterocycles. The maximum Gasteiger partial charge on any atom is 0.290 e. The Morgan fingerprint density at radius 2 is 1.64 bits per heavy atom. The van der Waals surface area contributed by atoms with Gasteiger partial charge in [0.2, 0.25) is 0 Å². The highest BCUT2D eigenvalue weighted by molar-refractivity contribution is 5.85. The van der Waals surface area contributed by atoms with Crippen molar-refractivity contribution >= 4 is 12.4 Å². The summed E-state index contributed by atoms with van der Waals surface area (Å²) in [6.07, 6.45) is 0. The molecule has 1 aliphatic heterocycles. The van der Waals surface area contributed by atoms with E-state index >= 15 is 0 Å². The van der Waals surface area contributed by atoms with Crippen molar-refractivity contribution in [3.63, 3.8) is 0 Å². The van der Waals surface area contributed by atoms with E-state index in [4.69, 9.17) is 14.2 Å². The SMILES string of the molecule is COc1cc(OC)c([C@H](N2CCNCC2)C(F)(F)CO)c(OC)c1.Cl. The standard InChI is InChI=1S/C16H24F2N2O4.ClH/c1-22-11-8-12(23-2)14(13(9-11)24-3)15(16(17,18)10-21)20-6-4-19-5-7-20;/h8-9,15,19,21H,4-7,10H2,1-3H3;1H/t15-;/m0./s1. The molecule has 1 aliphatic rings. The summed E-state index contributed by atoms with van der Waals surface area (Å²) in [5.41, 5.74) is 0.210. The van der Waals surface area contributed by atoms with Crippen molar-refractivity contribution in [2.24, 2.45) is 0 Å². The fourth-order valence-corrected chi connectivity index (χ4v) is 2.99. The lowest BCUT2D eigenvalue weighted by Crippen LogP contribution is -2.51. The Morgan fingerprint density at radius 3 is 2.04 bits per heavy atom. The molecule has 0 bridgehead atoms. The van der Waals surface area contributed by atoms with Gasteiger partial charge in [0.15, 0.2) is 0 Å². The van der Waals surface area contributed by atoms with Crippen LogP contribution < -0.4 is 19.5 Å². The predicted molar refractivity (Wildman–Crippen MR) is 92.6 cm³/mol. The van der Waals surface area contributed by atoms with E-state index in [1.54, 1.807) is 17.0 Å². The molecule has 0 spiro atoms. The van der Waals surface area contributed by atoms with Gasteiger partial charge in [-0.1, -0.05) is 0 Å². The van der Waals surface area contributed by atoms with E-state index < -0.39 is 18.6 Å². The molecular weight excluding hydrogens is 358 g/mol. The van der Waals surface area contributed by atoms with Gasteiger partial charge in [0.05, 0.1) is 26.9 Å². The molecule has 9 heteroatoms. The molecule has 25 heavy (non-hydrogen) atoms. The van der Waals surface area contributed by atoms with E-state index in [1.807, 2.05) is 0 Å². The highest BCUT2D eigenvalue weighted by atomic mass is 35.5. The Morgan fingerprint density at radius 1 is 1.12 bits per heavy atom. The molecule has 1 atom stereocenters. The molecule has 0 aromatic heterocycles. The van der Waals surface area contributed by atoms with Crippen LogP contribution in [-0.4, -0.2) is 70.0 Å². The Kier molecular flexibility index (Phi) is 8.14. The highest BCUT2D eigenvalue weighted by Gasteiger charge is 2.47. The topological polar surface area (TPSA) is 63.2 Å². The van der Waals surface area contributed by atoms with Gasteiger partial charge >= 0.3 is 0 Å². The lowest BCUT2D eigenvalue weighted by Gasteiger charge is -2.39. The van der Waals surface area contributed by atoms with E-state index in [2.05, 4.69) is 5.32 Å². The molecule has 2 N–H and O–H groups in total. The second-order valence-electron chi connectivity index (χ2n) is 5.55. The number of hydrogen-bond acceptors (Lipinski definition) is 6. The van der Waals surface area contributed by atoms with Gasteiger partial charge < -0.3 is 24.6 Å². The van der Waals surface area contributed by atoms with Gasteiger partial charge in [-0.05, 0) is 0 Å². The molecule has 0 amide bonds. The lowest BCUT2D eigenvalue weighted by molar-refractivity contribution is -0.119. The zero-order valence-corrected chi connectivity index (χ0v) is 15.4. The number of hydrogen-bond donors (Lipinski definition) is 2. The third kappa shape index (κ3) is 4.63. The summed E-state index contributed by atoms with van der Waals surface area (Å²) in [6.45, 7) is 0.786. The molecule has 1 aromatic rings. The van der Waals surface area contributed by atoms with Crippen LogP contribution in [0.2, 0.25) is 0 Å². The van der Waals surface area contributed by atoms with Gasteiger partial charge in [-0.25, -0.2) is 8.78 Å². The monoisotopic (exact) mass is 382 g/mol. The zero-order chi connectivity index (χ0) is 17.7. The molecule has 1 fully saturated rings. The number of halogens is 3. The van der Waals surface area contributed by atoms with Crippen LogP contribution in [0, 0.1) is 0 Å². The number of nitrogens with zero attached hydrogens (tertiary/aromatic N) is 1. The first-order valence-corrected chi connectivity index (χ1v) is 7.71. The van der Waals surface area contributed by atoms with E-state index in [0.717, 1.165) is 0 Å². The van der Waals surface area contributed by atoms with Crippen LogP contribution in [0.15, 0.2) is 12.1 Å². The van der Waals surface area contributed by atoms with Gasteiger partial charge in [0.1, 0.15) is 29.9 Å². The largest absolute Gasteiger partial charge is 0.496 e. The first-order valence-electron chi connectivity index (χ1n) is 7.71. The van der Waals surface area contributed by atoms with Crippen LogP contribution in [0.5, 0.6) is 17.2 Å². The maximum absolute atomic E-state index is 14.6. The number of nitrogens with one attached hydrogen (secondary N) is 1. The van der Waals surface area contributed by atoms with Crippen LogP contribution in [-0.2, 0) is 0 Å². The second kappa shape index (κ2) is 9.38. The molecule has 2 rings (SSSR count). The molecule has 1 saturated heterocycles. The summed E-state index contributed by atoms with van der Waals surface area (Å²) in [4.78, 5) is 1.64. The average molecular weight is 383 g/mol. The minimum absolute atomic E-state index is 0. The van der Waals surface area contributed by atoms with Crippen molar-refractivity contribution in [3.05, 3.63) is 17.7 Å². The smallest absolute Gasteiger partial charge is 0.290 e. The van der Waals surface area contributed by atoms with Crippen molar-refractivity contribution in [2.75, 3.05) is 54.1 Å². The van der Waals surface area contributed by atoms with Gasteiger partial charge in [-0.15, -0.1) is 12.4 Å². The Bertz CT molecular complexity index is 532. The van der Waals surface area contributed by atoms with E-state index in [-0.39, 0.29) is 29.5 Å². The minimum Gasteiger partial charge on any atom is -0.496 e. The number of alkyl halides is 2. The van der Waals surface area contributed by atoms with Crippen molar-refractivity contribution < 1.29 is 28.1 Å². The molecule has 0 saturated carbocycles. The first kappa shape index (κ1) is 21.7. The third-order valence-corrected chi connectivity index (χ3v) is 4.15. The van der Waals surface area contributed by atoms with Gasteiger partial charge in [-0.2, -0.15) is 0 Å². The quantitative estimate of drug-likeness (QED) is 0.748. The lowest BCUT2D eigenvalue weighted by atomic mass is 9.95. The number of rotatable bonds is 7. The van der Waals surface area contributed by atoms with Crippen LogP contribution in [0.25, 0.3) is 0 Å². The van der Waals surface area contributed by atoms with Crippen LogP contribution in [0.4, 0.5) is 8.78 Å². The van der Waals surface area contributed by atoms with E-state index in [1.165, 1.54) is 21.3 Å². The minimum atomic E-state index is -3.35. The molecule has 1 aromatic carbocycles. The number of benzene rings is 1. The number of aliphatic hydroxyl groups is 1. The van der Waals surface area contributed by atoms with Crippen molar-refractivity contribution in [1.82, 2.24) is 10.2 Å². The number of ether oxygens (including phenoxy) is 3. The van der Waals surface area contributed by atoms with Crippen LogP contribution >= 0.6 is 12.4 Å². The van der Waals surface area contributed by atoms with Gasteiger partial charge in [-0.3, -0.25) is 4.90 Å². The van der Waals surface area contributed by atoms with E-state index in [0.29, 0.717) is 31.9 Å². The predicted octanol–water partition coefficient (Wildman–Crippen LogP) is 1.71. The second-order valence-corrected chi connectivity index (χ2v) is 5.55. The summed E-state index contributed by atoms with van der Waals surface area (Å²) in [6, 6.07) is 1.72. The fourth-order valence-electron chi connectivity index (χ4n) is 2.99. The summed E-state index contributed by atoms with van der Waals surface area (Å²) >= 11 is 0. The summed E-state index contributed by atoms with van der Waals surface area (Å²) in [7, 11) is 4.29. The van der Waals surface area contributed by atoms with Gasteiger partial charge in [0, 0.05) is 38.3 Å². The summed E-state index contributed by atoms with van der Waals surface area (Å²) in [5.74, 6) is -2.43. The number of aliphatic hydroxyl groups excluding tert-OH is 1. The number of methoxy groups -OCH3 is 3. The van der Waals surface area contributed by atoms with Crippen molar-refractivity contribution in [3.8, 4) is 17.2 Å². The molecule has 0 aliphatic carbocycles. The Labute approximate surface area is 152 Å². The first-order chi connectivity index (χ1) is 11.5. The van der Waals surface area contributed by atoms with Crippen LogP contribution in [0.3, 0.4) is 0 Å². The Balaban J connectivity index is 0.00000312. The average Bonchev–Trinajstić information content (AvgIpc) is 2.62. The highest BCUT2D eigenvalue weighted by Crippen LogP contribution is 2.46. The molecular formula is C16H25ClF2N2O4. The summed E-state index contributed by atoms with van der Waals surface area (Å²) < 4.78 is 45.1.